The standard InChI is InChI=1S/C9H14BrNOS/c1-6(11)9(2,12)5-8-7(10)3-4-13-8/h3-4,6,12H,5,11H2,1-2H3. The Bertz CT molecular complexity index is 283. The minimum atomic E-state index is -0.826. The maximum Gasteiger partial charge on any atom is 0.0815 e. The summed E-state index contributed by atoms with van der Waals surface area (Å²) in [4.78, 5) is 1.14. The molecule has 0 saturated carbocycles. The Kier molecular flexibility index (Phi) is 3.51. The van der Waals surface area contributed by atoms with E-state index in [0.717, 1.165) is 9.35 Å². The molecule has 0 aromatic carbocycles. The van der Waals surface area contributed by atoms with Crippen molar-refractivity contribution in [3.63, 3.8) is 0 Å². The molecular weight excluding hydrogens is 250 g/mol. The SMILES string of the molecule is CC(N)C(C)(O)Cc1sccc1Br. The van der Waals surface area contributed by atoms with Gasteiger partial charge in [-0.25, -0.2) is 0 Å². The fourth-order valence-electron chi connectivity index (χ4n) is 0.937. The van der Waals surface area contributed by atoms with Crippen LogP contribution in [0.2, 0.25) is 0 Å². The summed E-state index contributed by atoms with van der Waals surface area (Å²) in [5.41, 5.74) is 4.85. The van der Waals surface area contributed by atoms with Gasteiger partial charge in [0.05, 0.1) is 5.60 Å². The van der Waals surface area contributed by atoms with E-state index in [4.69, 9.17) is 5.73 Å². The van der Waals surface area contributed by atoms with E-state index in [2.05, 4.69) is 15.9 Å². The Hall–Kier alpha value is 0.100. The van der Waals surface area contributed by atoms with Gasteiger partial charge in [0.15, 0.2) is 0 Å². The molecule has 4 heteroatoms. The first-order valence-electron chi connectivity index (χ1n) is 4.13. The number of halogens is 1. The van der Waals surface area contributed by atoms with Crippen LogP contribution < -0.4 is 5.73 Å². The molecule has 0 fully saturated rings. The highest BCUT2D eigenvalue weighted by atomic mass is 79.9. The second kappa shape index (κ2) is 4.09. The summed E-state index contributed by atoms with van der Waals surface area (Å²) >= 11 is 5.06. The topological polar surface area (TPSA) is 46.2 Å². The summed E-state index contributed by atoms with van der Waals surface area (Å²) in [5.74, 6) is 0. The first-order valence-corrected chi connectivity index (χ1v) is 5.80. The van der Waals surface area contributed by atoms with Crippen LogP contribution in [0.4, 0.5) is 0 Å². The Morgan fingerprint density at radius 1 is 1.77 bits per heavy atom. The van der Waals surface area contributed by atoms with Crippen molar-refractivity contribution in [3.8, 4) is 0 Å². The molecule has 0 radical (unpaired) electrons. The summed E-state index contributed by atoms with van der Waals surface area (Å²) in [6, 6.07) is 1.76. The Balaban J connectivity index is 2.74. The van der Waals surface area contributed by atoms with Crippen LogP contribution in [-0.4, -0.2) is 16.7 Å². The van der Waals surface area contributed by atoms with E-state index >= 15 is 0 Å². The fraction of sp³-hybridized carbons (Fsp3) is 0.556. The summed E-state index contributed by atoms with van der Waals surface area (Å²) in [5, 5.41) is 11.9. The van der Waals surface area contributed by atoms with Gasteiger partial charge in [-0.05, 0) is 41.2 Å². The molecule has 1 rings (SSSR count). The number of hydrogen-bond acceptors (Lipinski definition) is 3. The zero-order valence-electron chi connectivity index (χ0n) is 7.75. The van der Waals surface area contributed by atoms with Crippen LogP contribution in [-0.2, 0) is 6.42 Å². The van der Waals surface area contributed by atoms with Gasteiger partial charge in [-0.15, -0.1) is 11.3 Å². The minimum Gasteiger partial charge on any atom is -0.388 e. The third-order valence-corrected chi connectivity index (χ3v) is 4.12. The van der Waals surface area contributed by atoms with Crippen LogP contribution in [0.25, 0.3) is 0 Å². The highest BCUT2D eigenvalue weighted by molar-refractivity contribution is 9.10. The van der Waals surface area contributed by atoms with Crippen molar-refractivity contribution in [2.45, 2.75) is 31.9 Å². The van der Waals surface area contributed by atoms with Crippen molar-refractivity contribution >= 4 is 27.3 Å². The monoisotopic (exact) mass is 263 g/mol. The largest absolute Gasteiger partial charge is 0.388 e. The molecule has 0 spiro atoms. The second-order valence-electron chi connectivity index (χ2n) is 3.51. The van der Waals surface area contributed by atoms with Gasteiger partial charge in [-0.2, -0.15) is 0 Å². The third-order valence-electron chi connectivity index (χ3n) is 2.19. The van der Waals surface area contributed by atoms with Gasteiger partial charge in [0.1, 0.15) is 0 Å². The third kappa shape index (κ3) is 2.77. The summed E-state index contributed by atoms with van der Waals surface area (Å²) in [6.45, 7) is 3.59. The molecule has 2 unspecified atom stereocenters. The van der Waals surface area contributed by atoms with Crippen molar-refractivity contribution in [2.24, 2.45) is 5.73 Å². The van der Waals surface area contributed by atoms with E-state index < -0.39 is 5.60 Å². The lowest BCUT2D eigenvalue weighted by Gasteiger charge is -2.26. The number of hydrogen-bond donors (Lipinski definition) is 2. The van der Waals surface area contributed by atoms with Gasteiger partial charge in [-0.3, -0.25) is 0 Å². The first kappa shape index (κ1) is 11.2. The highest BCUT2D eigenvalue weighted by Gasteiger charge is 2.26. The van der Waals surface area contributed by atoms with Crippen molar-refractivity contribution < 1.29 is 5.11 Å². The summed E-state index contributed by atoms with van der Waals surface area (Å²) in [7, 11) is 0. The van der Waals surface area contributed by atoms with E-state index in [-0.39, 0.29) is 6.04 Å². The quantitative estimate of drug-likeness (QED) is 0.878. The number of nitrogens with two attached hydrogens (primary N) is 1. The minimum absolute atomic E-state index is 0.221. The summed E-state index contributed by atoms with van der Waals surface area (Å²) in [6.07, 6.45) is 0.600. The molecule has 2 nitrogen and oxygen atoms in total. The normalized spacial score (nSPS) is 18.2. The maximum absolute atomic E-state index is 9.95. The van der Waals surface area contributed by atoms with Crippen molar-refractivity contribution in [1.82, 2.24) is 0 Å². The molecule has 0 aliphatic carbocycles. The van der Waals surface area contributed by atoms with E-state index in [0.29, 0.717) is 6.42 Å². The Morgan fingerprint density at radius 2 is 2.38 bits per heavy atom. The number of thiophene rings is 1. The highest BCUT2D eigenvalue weighted by Crippen LogP contribution is 2.27. The van der Waals surface area contributed by atoms with Crippen LogP contribution >= 0.6 is 27.3 Å². The lowest BCUT2D eigenvalue weighted by Crippen LogP contribution is -2.45. The predicted molar refractivity (Wildman–Crippen MR) is 60.0 cm³/mol. The van der Waals surface area contributed by atoms with Crippen LogP contribution in [0, 0.1) is 0 Å². The first-order chi connectivity index (χ1) is 5.93. The zero-order valence-corrected chi connectivity index (χ0v) is 10.2. The summed E-state index contributed by atoms with van der Waals surface area (Å²) < 4.78 is 1.05. The van der Waals surface area contributed by atoms with E-state index in [9.17, 15) is 5.11 Å². The van der Waals surface area contributed by atoms with Gasteiger partial charge in [0, 0.05) is 21.8 Å². The maximum atomic E-state index is 9.95. The molecule has 1 heterocycles. The van der Waals surface area contributed by atoms with Gasteiger partial charge >= 0.3 is 0 Å². The molecule has 1 aromatic heterocycles. The molecule has 0 aliphatic rings. The van der Waals surface area contributed by atoms with Gasteiger partial charge in [0.2, 0.25) is 0 Å². The number of rotatable bonds is 3. The second-order valence-corrected chi connectivity index (χ2v) is 5.37. The van der Waals surface area contributed by atoms with Gasteiger partial charge in [-0.1, -0.05) is 0 Å². The molecule has 3 N–H and O–H groups in total. The average Bonchev–Trinajstić information content (AvgIpc) is 2.35. The van der Waals surface area contributed by atoms with Crippen LogP contribution in [0.5, 0.6) is 0 Å². The van der Waals surface area contributed by atoms with Crippen molar-refractivity contribution in [2.75, 3.05) is 0 Å². The zero-order chi connectivity index (χ0) is 10.1. The predicted octanol–water partition coefficient (Wildman–Crippen LogP) is 2.15. The van der Waals surface area contributed by atoms with Gasteiger partial charge in [0.25, 0.3) is 0 Å². The number of aliphatic hydroxyl groups is 1. The molecular formula is C9H14BrNOS. The van der Waals surface area contributed by atoms with Crippen LogP contribution in [0.1, 0.15) is 18.7 Å². The lowest BCUT2D eigenvalue weighted by atomic mass is 9.94. The molecule has 0 saturated heterocycles. The molecule has 0 amide bonds. The van der Waals surface area contributed by atoms with Crippen molar-refractivity contribution in [3.05, 3.63) is 20.8 Å². The molecule has 13 heavy (non-hydrogen) atoms. The average molecular weight is 264 g/mol. The smallest absolute Gasteiger partial charge is 0.0815 e. The lowest BCUT2D eigenvalue weighted by molar-refractivity contribution is 0.0395. The Labute approximate surface area is 90.9 Å². The van der Waals surface area contributed by atoms with Crippen LogP contribution in [0.15, 0.2) is 15.9 Å². The fourth-order valence-corrected chi connectivity index (χ4v) is 2.59. The molecule has 2 atom stereocenters. The molecule has 74 valence electrons. The molecule has 0 aliphatic heterocycles. The van der Waals surface area contributed by atoms with Gasteiger partial charge < -0.3 is 10.8 Å². The van der Waals surface area contributed by atoms with E-state index in [1.165, 1.54) is 0 Å². The molecule has 1 aromatic rings. The van der Waals surface area contributed by atoms with Crippen LogP contribution in [0.3, 0.4) is 0 Å². The Morgan fingerprint density at radius 3 is 2.77 bits per heavy atom. The molecule has 0 bridgehead atoms. The van der Waals surface area contributed by atoms with Crippen molar-refractivity contribution in [1.29, 1.82) is 0 Å². The van der Waals surface area contributed by atoms with E-state index in [1.807, 2.05) is 18.4 Å². The van der Waals surface area contributed by atoms with E-state index in [1.54, 1.807) is 18.3 Å².